The highest BCUT2D eigenvalue weighted by atomic mass is 32.1. The van der Waals surface area contributed by atoms with Gasteiger partial charge in [-0.3, -0.25) is 10.1 Å². The summed E-state index contributed by atoms with van der Waals surface area (Å²) in [6.45, 7) is 0.835. The SMILES string of the molecule is O=[N+]([O-])c1ccc(-c2nnc(CCNC3CC3)s2)c(F)c1. The first-order valence-corrected chi connectivity index (χ1v) is 7.45. The molecule has 21 heavy (non-hydrogen) atoms. The van der Waals surface area contributed by atoms with E-state index in [4.69, 9.17) is 0 Å². The molecule has 2 aromatic rings. The van der Waals surface area contributed by atoms with Crippen LogP contribution in [0.2, 0.25) is 0 Å². The van der Waals surface area contributed by atoms with Crippen LogP contribution < -0.4 is 5.32 Å². The van der Waals surface area contributed by atoms with E-state index in [1.807, 2.05) is 0 Å². The van der Waals surface area contributed by atoms with Crippen LogP contribution in [0.1, 0.15) is 17.8 Å². The Bertz CT molecular complexity index is 672. The highest BCUT2D eigenvalue weighted by Gasteiger charge is 2.20. The molecule has 1 aliphatic carbocycles. The zero-order valence-corrected chi connectivity index (χ0v) is 11.9. The maximum Gasteiger partial charge on any atom is 0.272 e. The summed E-state index contributed by atoms with van der Waals surface area (Å²) in [5, 5.41) is 23.2. The van der Waals surface area contributed by atoms with Gasteiger partial charge in [0, 0.05) is 30.6 Å². The van der Waals surface area contributed by atoms with Crippen molar-refractivity contribution in [1.82, 2.24) is 15.5 Å². The lowest BCUT2D eigenvalue weighted by Gasteiger charge is -1.99. The first kappa shape index (κ1) is 14.0. The molecular weight excluding hydrogens is 295 g/mol. The Morgan fingerprint density at radius 3 is 2.90 bits per heavy atom. The van der Waals surface area contributed by atoms with Crippen molar-refractivity contribution in [2.45, 2.75) is 25.3 Å². The third-order valence-corrected chi connectivity index (χ3v) is 4.23. The van der Waals surface area contributed by atoms with E-state index in [0.29, 0.717) is 11.0 Å². The van der Waals surface area contributed by atoms with Crippen molar-refractivity contribution in [1.29, 1.82) is 0 Å². The van der Waals surface area contributed by atoms with E-state index >= 15 is 0 Å². The topological polar surface area (TPSA) is 81.0 Å². The molecule has 1 aromatic heterocycles. The van der Waals surface area contributed by atoms with Crippen molar-refractivity contribution in [3.05, 3.63) is 39.1 Å². The summed E-state index contributed by atoms with van der Waals surface area (Å²) in [4.78, 5) is 9.97. The smallest absolute Gasteiger partial charge is 0.272 e. The highest BCUT2D eigenvalue weighted by molar-refractivity contribution is 7.14. The second kappa shape index (κ2) is 5.82. The van der Waals surface area contributed by atoms with Gasteiger partial charge in [-0.2, -0.15) is 0 Å². The number of rotatable bonds is 6. The average Bonchev–Trinajstić information content (AvgIpc) is 3.16. The number of hydrogen-bond acceptors (Lipinski definition) is 6. The Kier molecular flexibility index (Phi) is 3.89. The lowest BCUT2D eigenvalue weighted by molar-refractivity contribution is -0.385. The van der Waals surface area contributed by atoms with Gasteiger partial charge in [0.2, 0.25) is 0 Å². The number of nitro benzene ring substituents is 1. The number of benzene rings is 1. The molecule has 0 amide bonds. The van der Waals surface area contributed by atoms with Gasteiger partial charge in [-0.05, 0) is 18.9 Å². The van der Waals surface area contributed by atoms with Gasteiger partial charge in [-0.1, -0.05) is 11.3 Å². The summed E-state index contributed by atoms with van der Waals surface area (Å²) in [5.74, 6) is -0.650. The molecule has 6 nitrogen and oxygen atoms in total. The quantitative estimate of drug-likeness (QED) is 0.655. The summed E-state index contributed by atoms with van der Waals surface area (Å²) >= 11 is 1.31. The molecular formula is C13H13FN4O2S. The van der Waals surface area contributed by atoms with Gasteiger partial charge in [0.05, 0.1) is 11.0 Å². The van der Waals surface area contributed by atoms with Crippen molar-refractivity contribution >= 4 is 17.0 Å². The Morgan fingerprint density at radius 2 is 2.24 bits per heavy atom. The minimum atomic E-state index is -0.650. The third-order valence-electron chi connectivity index (χ3n) is 3.21. The fourth-order valence-electron chi connectivity index (χ4n) is 1.93. The monoisotopic (exact) mass is 308 g/mol. The number of nitro groups is 1. The van der Waals surface area contributed by atoms with Gasteiger partial charge in [0.15, 0.2) is 5.01 Å². The van der Waals surface area contributed by atoms with Gasteiger partial charge in [0.1, 0.15) is 10.8 Å². The summed E-state index contributed by atoms with van der Waals surface area (Å²) in [7, 11) is 0. The van der Waals surface area contributed by atoms with Crippen LogP contribution in [-0.4, -0.2) is 27.7 Å². The summed E-state index contributed by atoms with van der Waals surface area (Å²) in [6, 6.07) is 4.20. The van der Waals surface area contributed by atoms with Gasteiger partial charge in [-0.15, -0.1) is 10.2 Å². The molecule has 0 spiro atoms. The Balaban J connectivity index is 1.71. The maximum absolute atomic E-state index is 13.9. The molecule has 0 bridgehead atoms. The molecule has 1 heterocycles. The van der Waals surface area contributed by atoms with Crippen LogP contribution in [0.4, 0.5) is 10.1 Å². The number of hydrogen-bond donors (Lipinski definition) is 1. The van der Waals surface area contributed by atoms with Crippen LogP contribution in [0.5, 0.6) is 0 Å². The molecule has 0 radical (unpaired) electrons. The summed E-state index contributed by atoms with van der Waals surface area (Å²) in [6.07, 6.45) is 3.22. The minimum absolute atomic E-state index is 0.250. The second-order valence-electron chi connectivity index (χ2n) is 4.90. The molecule has 0 aliphatic heterocycles. The van der Waals surface area contributed by atoms with E-state index in [1.165, 1.54) is 36.3 Å². The second-order valence-corrected chi connectivity index (χ2v) is 5.96. The number of halogens is 1. The average molecular weight is 308 g/mol. The number of aromatic nitrogens is 2. The van der Waals surface area contributed by atoms with E-state index in [1.54, 1.807) is 0 Å². The summed E-state index contributed by atoms with van der Waals surface area (Å²) in [5.41, 5.74) is -0.0193. The van der Waals surface area contributed by atoms with Crippen molar-refractivity contribution in [2.24, 2.45) is 0 Å². The van der Waals surface area contributed by atoms with Crippen molar-refractivity contribution < 1.29 is 9.31 Å². The van der Waals surface area contributed by atoms with Crippen LogP contribution in [0.15, 0.2) is 18.2 Å². The highest BCUT2D eigenvalue weighted by Crippen LogP contribution is 2.28. The fraction of sp³-hybridized carbons (Fsp3) is 0.385. The van der Waals surface area contributed by atoms with Crippen molar-refractivity contribution in [3.63, 3.8) is 0 Å². The molecule has 110 valence electrons. The standard InChI is InChI=1S/C13H13FN4O2S/c14-11-7-9(18(19)20)3-4-10(11)13-17-16-12(21-13)5-6-15-8-1-2-8/h3-4,7-8,15H,1-2,5-6H2. The van der Waals surface area contributed by atoms with Gasteiger partial charge < -0.3 is 5.32 Å². The van der Waals surface area contributed by atoms with E-state index in [-0.39, 0.29) is 11.3 Å². The molecule has 0 atom stereocenters. The van der Waals surface area contributed by atoms with Crippen LogP contribution in [0.25, 0.3) is 10.6 Å². The molecule has 8 heteroatoms. The zero-order valence-electron chi connectivity index (χ0n) is 11.1. The molecule has 3 rings (SSSR count). The lowest BCUT2D eigenvalue weighted by Crippen LogP contribution is -2.19. The van der Waals surface area contributed by atoms with E-state index < -0.39 is 10.7 Å². The summed E-state index contributed by atoms with van der Waals surface area (Å²) < 4.78 is 13.9. The van der Waals surface area contributed by atoms with Crippen molar-refractivity contribution in [3.8, 4) is 10.6 Å². The zero-order chi connectivity index (χ0) is 14.8. The minimum Gasteiger partial charge on any atom is -0.314 e. The molecule has 1 N–H and O–H groups in total. The number of nitrogens with one attached hydrogen (secondary N) is 1. The van der Waals surface area contributed by atoms with Gasteiger partial charge in [0.25, 0.3) is 5.69 Å². The molecule has 1 fully saturated rings. The first-order valence-electron chi connectivity index (χ1n) is 6.63. The van der Waals surface area contributed by atoms with Crippen LogP contribution in [0, 0.1) is 15.9 Å². The van der Waals surface area contributed by atoms with Crippen LogP contribution in [-0.2, 0) is 6.42 Å². The van der Waals surface area contributed by atoms with Crippen LogP contribution >= 0.6 is 11.3 Å². The largest absolute Gasteiger partial charge is 0.314 e. The lowest BCUT2D eigenvalue weighted by atomic mass is 10.2. The Morgan fingerprint density at radius 1 is 1.43 bits per heavy atom. The van der Waals surface area contributed by atoms with E-state index in [9.17, 15) is 14.5 Å². The van der Waals surface area contributed by atoms with Gasteiger partial charge in [-0.25, -0.2) is 4.39 Å². The molecule has 1 saturated carbocycles. The van der Waals surface area contributed by atoms with E-state index in [2.05, 4.69) is 15.5 Å². The maximum atomic E-state index is 13.9. The Hall–Kier alpha value is -1.93. The molecule has 0 saturated heterocycles. The fourth-order valence-corrected chi connectivity index (χ4v) is 2.79. The Labute approximate surface area is 124 Å². The normalized spacial score (nSPS) is 14.3. The molecule has 0 unspecified atom stereocenters. The third kappa shape index (κ3) is 3.40. The van der Waals surface area contributed by atoms with Crippen LogP contribution in [0.3, 0.4) is 0 Å². The first-order chi connectivity index (χ1) is 10.1. The van der Waals surface area contributed by atoms with Gasteiger partial charge >= 0.3 is 0 Å². The predicted molar refractivity (Wildman–Crippen MR) is 76.7 cm³/mol. The molecule has 1 aliphatic rings. The molecule has 1 aromatic carbocycles. The van der Waals surface area contributed by atoms with Crippen molar-refractivity contribution in [2.75, 3.05) is 6.54 Å². The predicted octanol–water partition coefficient (Wildman–Crippen LogP) is 2.55. The number of nitrogens with zero attached hydrogens (tertiary/aromatic N) is 3. The number of non-ortho nitro benzene ring substituents is 1. The van der Waals surface area contributed by atoms with E-state index in [0.717, 1.165) is 24.0 Å².